The molecule has 9 heteroatoms. The zero-order valence-electron chi connectivity index (χ0n) is 17.1. The Morgan fingerprint density at radius 2 is 1.90 bits per heavy atom. The Morgan fingerprint density at radius 3 is 2.61 bits per heavy atom. The SMILES string of the molecule is Cc1cccc(NC(=O)c2ccc3c(=O)[nH]c4c(C(=O)NC(C)C)sc(=S)n4c3c2)c1. The molecule has 0 aliphatic rings. The summed E-state index contributed by atoms with van der Waals surface area (Å²) >= 11 is 6.60. The summed E-state index contributed by atoms with van der Waals surface area (Å²) in [6, 6.07) is 12.2. The summed E-state index contributed by atoms with van der Waals surface area (Å²) in [4.78, 5) is 41.2. The smallest absolute Gasteiger partial charge is 0.265 e. The Kier molecular flexibility index (Phi) is 5.47. The molecule has 0 aliphatic carbocycles. The minimum atomic E-state index is -0.355. The van der Waals surface area contributed by atoms with Crippen LogP contribution in [0.25, 0.3) is 16.6 Å². The number of hydrogen-bond acceptors (Lipinski definition) is 5. The fourth-order valence-electron chi connectivity index (χ4n) is 3.34. The lowest BCUT2D eigenvalue weighted by Gasteiger charge is -2.09. The number of thiazole rings is 1. The maximum absolute atomic E-state index is 12.8. The normalized spacial score (nSPS) is 11.2. The number of rotatable bonds is 4. The van der Waals surface area contributed by atoms with E-state index in [-0.39, 0.29) is 23.4 Å². The Bertz CT molecular complexity index is 1460. The lowest BCUT2D eigenvalue weighted by Crippen LogP contribution is -2.30. The average molecular weight is 453 g/mol. The van der Waals surface area contributed by atoms with Gasteiger partial charge in [0.05, 0.1) is 10.9 Å². The van der Waals surface area contributed by atoms with E-state index in [1.165, 1.54) is 0 Å². The second-order valence-electron chi connectivity index (χ2n) is 7.52. The number of aromatic nitrogens is 2. The molecule has 0 radical (unpaired) electrons. The van der Waals surface area contributed by atoms with E-state index in [2.05, 4.69) is 15.6 Å². The maximum Gasteiger partial charge on any atom is 0.265 e. The Labute approximate surface area is 186 Å². The number of amides is 2. The van der Waals surface area contributed by atoms with Crippen LogP contribution in [0.2, 0.25) is 0 Å². The molecule has 0 aliphatic heterocycles. The van der Waals surface area contributed by atoms with Gasteiger partial charge in [-0.3, -0.25) is 18.8 Å². The molecule has 4 rings (SSSR count). The van der Waals surface area contributed by atoms with Crippen LogP contribution in [0.5, 0.6) is 0 Å². The van der Waals surface area contributed by atoms with E-state index in [9.17, 15) is 14.4 Å². The van der Waals surface area contributed by atoms with Gasteiger partial charge >= 0.3 is 0 Å². The highest BCUT2D eigenvalue weighted by molar-refractivity contribution is 7.73. The van der Waals surface area contributed by atoms with Crippen molar-refractivity contribution in [2.24, 2.45) is 0 Å². The number of hydrogen-bond donors (Lipinski definition) is 3. The second kappa shape index (κ2) is 8.09. The number of carbonyl (C=O) groups is 2. The van der Waals surface area contributed by atoms with Gasteiger partial charge in [0.2, 0.25) is 0 Å². The summed E-state index contributed by atoms with van der Waals surface area (Å²) in [5.74, 6) is -0.614. The van der Waals surface area contributed by atoms with Crippen LogP contribution in [-0.4, -0.2) is 27.2 Å². The van der Waals surface area contributed by atoms with Gasteiger partial charge in [-0.1, -0.05) is 23.5 Å². The largest absolute Gasteiger partial charge is 0.349 e. The molecule has 4 aromatic rings. The number of nitrogens with one attached hydrogen (secondary N) is 3. The molecule has 0 saturated carbocycles. The molecule has 0 saturated heterocycles. The fourth-order valence-corrected chi connectivity index (χ4v) is 4.62. The molecular weight excluding hydrogens is 432 g/mol. The molecule has 7 nitrogen and oxygen atoms in total. The van der Waals surface area contributed by atoms with Crippen molar-refractivity contribution in [3.63, 3.8) is 0 Å². The first-order chi connectivity index (χ1) is 14.7. The van der Waals surface area contributed by atoms with Crippen LogP contribution in [0.3, 0.4) is 0 Å². The first-order valence-electron chi connectivity index (χ1n) is 9.65. The summed E-state index contributed by atoms with van der Waals surface area (Å²) in [5.41, 5.74) is 2.53. The van der Waals surface area contributed by atoms with Gasteiger partial charge in [0.25, 0.3) is 17.4 Å². The number of nitrogens with zero attached hydrogens (tertiary/aromatic N) is 1. The number of H-pyrrole nitrogens is 1. The first-order valence-corrected chi connectivity index (χ1v) is 10.9. The summed E-state index contributed by atoms with van der Waals surface area (Å²) < 4.78 is 2.04. The van der Waals surface area contributed by atoms with Crippen molar-refractivity contribution in [3.05, 3.63) is 72.8 Å². The summed E-state index contributed by atoms with van der Waals surface area (Å²) in [7, 11) is 0. The van der Waals surface area contributed by atoms with Gasteiger partial charge in [0, 0.05) is 17.3 Å². The highest BCUT2D eigenvalue weighted by Crippen LogP contribution is 2.24. The van der Waals surface area contributed by atoms with Crippen molar-refractivity contribution in [3.8, 4) is 0 Å². The molecule has 0 fully saturated rings. The van der Waals surface area contributed by atoms with Crippen molar-refractivity contribution in [1.29, 1.82) is 0 Å². The van der Waals surface area contributed by atoms with E-state index in [0.717, 1.165) is 16.9 Å². The number of anilines is 1. The average Bonchev–Trinajstić information content (AvgIpc) is 3.03. The molecular formula is C22H20N4O3S2. The lowest BCUT2D eigenvalue weighted by molar-refractivity contribution is 0.0947. The van der Waals surface area contributed by atoms with Gasteiger partial charge in [-0.2, -0.15) is 0 Å². The number of carbonyl (C=O) groups excluding carboxylic acids is 2. The second-order valence-corrected chi connectivity index (χ2v) is 9.16. The van der Waals surface area contributed by atoms with Gasteiger partial charge in [0.1, 0.15) is 10.5 Å². The third-order valence-corrected chi connectivity index (χ3v) is 6.06. The van der Waals surface area contributed by atoms with Gasteiger partial charge in [0.15, 0.2) is 3.95 Å². The molecule has 2 aromatic carbocycles. The Balaban J connectivity index is 1.84. The van der Waals surface area contributed by atoms with Crippen LogP contribution in [0.4, 0.5) is 5.69 Å². The van der Waals surface area contributed by atoms with Crippen molar-refractivity contribution < 1.29 is 9.59 Å². The third-order valence-electron chi connectivity index (χ3n) is 4.69. The molecule has 158 valence electrons. The van der Waals surface area contributed by atoms with Gasteiger partial charge in [-0.05, 0) is 68.9 Å². The predicted molar refractivity (Wildman–Crippen MR) is 126 cm³/mol. The van der Waals surface area contributed by atoms with E-state index in [1.54, 1.807) is 22.6 Å². The zero-order chi connectivity index (χ0) is 22.3. The van der Waals surface area contributed by atoms with Gasteiger partial charge in [-0.15, -0.1) is 0 Å². The number of fused-ring (bicyclic) bond motifs is 3. The molecule has 2 amide bonds. The fraction of sp³-hybridized carbons (Fsp3) is 0.182. The molecule has 3 N–H and O–H groups in total. The van der Waals surface area contributed by atoms with Crippen LogP contribution in [0.1, 0.15) is 39.4 Å². The maximum atomic E-state index is 12.8. The molecule has 2 heterocycles. The predicted octanol–water partition coefficient (Wildman–Crippen LogP) is 4.27. The molecule has 0 unspecified atom stereocenters. The monoisotopic (exact) mass is 452 g/mol. The van der Waals surface area contributed by atoms with E-state index >= 15 is 0 Å². The molecule has 31 heavy (non-hydrogen) atoms. The number of aromatic amines is 1. The Hall–Kier alpha value is -3.30. The minimum Gasteiger partial charge on any atom is -0.349 e. The van der Waals surface area contributed by atoms with Crippen molar-refractivity contribution in [2.75, 3.05) is 5.32 Å². The van der Waals surface area contributed by atoms with Crippen LogP contribution >= 0.6 is 23.6 Å². The number of benzene rings is 2. The highest BCUT2D eigenvalue weighted by Gasteiger charge is 2.19. The zero-order valence-corrected chi connectivity index (χ0v) is 18.7. The summed E-state index contributed by atoms with van der Waals surface area (Å²) in [6.07, 6.45) is 0. The Morgan fingerprint density at radius 1 is 1.13 bits per heavy atom. The van der Waals surface area contributed by atoms with E-state index in [0.29, 0.717) is 36.6 Å². The van der Waals surface area contributed by atoms with Crippen molar-refractivity contribution in [1.82, 2.24) is 14.7 Å². The molecule has 0 atom stereocenters. The molecule has 0 spiro atoms. The van der Waals surface area contributed by atoms with Crippen molar-refractivity contribution in [2.45, 2.75) is 26.8 Å². The van der Waals surface area contributed by atoms with E-state index < -0.39 is 0 Å². The standard InChI is InChI=1S/C22H20N4O3S2/c1-11(2)23-21(29)17-18-25-20(28)15-8-7-13(10-16(15)26(18)22(30)31-17)19(27)24-14-6-4-5-12(3)9-14/h4-11H,1-3H3,(H,23,29)(H,24,27)(H,25,28). The third kappa shape index (κ3) is 4.01. The molecule has 2 aromatic heterocycles. The lowest BCUT2D eigenvalue weighted by atomic mass is 10.1. The van der Waals surface area contributed by atoms with Crippen LogP contribution in [0.15, 0.2) is 47.3 Å². The molecule has 0 bridgehead atoms. The highest BCUT2D eigenvalue weighted by atomic mass is 32.1. The van der Waals surface area contributed by atoms with E-state index in [1.807, 2.05) is 45.0 Å². The van der Waals surface area contributed by atoms with Crippen LogP contribution < -0.4 is 16.2 Å². The summed E-state index contributed by atoms with van der Waals surface area (Å²) in [5, 5.41) is 6.06. The van der Waals surface area contributed by atoms with Crippen LogP contribution in [0, 0.1) is 10.9 Å². The van der Waals surface area contributed by atoms with Gasteiger partial charge < -0.3 is 15.6 Å². The summed E-state index contributed by atoms with van der Waals surface area (Å²) in [6.45, 7) is 5.65. The number of aryl methyl sites for hydroxylation is 1. The van der Waals surface area contributed by atoms with E-state index in [4.69, 9.17) is 12.2 Å². The van der Waals surface area contributed by atoms with Crippen molar-refractivity contribution >= 4 is 57.6 Å². The first kappa shape index (κ1) is 21.0. The van der Waals surface area contributed by atoms with Crippen LogP contribution in [-0.2, 0) is 0 Å². The quantitative estimate of drug-likeness (QED) is 0.403. The topological polar surface area (TPSA) is 95.5 Å². The van der Waals surface area contributed by atoms with Gasteiger partial charge in [-0.25, -0.2) is 0 Å². The minimum absolute atomic E-state index is 0.0627.